The van der Waals surface area contributed by atoms with E-state index < -0.39 is 11.9 Å². The topological polar surface area (TPSA) is 96.9 Å². The van der Waals surface area contributed by atoms with Crippen molar-refractivity contribution < 1.29 is 19.1 Å². The van der Waals surface area contributed by atoms with Crippen molar-refractivity contribution in [3.05, 3.63) is 98.5 Å². The summed E-state index contributed by atoms with van der Waals surface area (Å²) < 4.78 is 6.19. The summed E-state index contributed by atoms with van der Waals surface area (Å²) in [6, 6.07) is 18.3. The smallest absolute Gasteiger partial charge is 0.343 e. The van der Waals surface area contributed by atoms with Crippen molar-refractivity contribution in [3.8, 4) is 5.75 Å². The van der Waals surface area contributed by atoms with E-state index in [1.54, 1.807) is 54.6 Å². The first kappa shape index (κ1) is 24.2. The molecule has 0 unspecified atom stereocenters. The maximum atomic E-state index is 12.4. The van der Waals surface area contributed by atoms with Crippen molar-refractivity contribution in [3.63, 3.8) is 0 Å². The Hall–Kier alpha value is -3.49. The molecule has 0 saturated carbocycles. The van der Waals surface area contributed by atoms with Crippen LogP contribution in [-0.4, -0.2) is 30.5 Å². The zero-order chi connectivity index (χ0) is 23.8. The number of halogens is 2. The molecule has 168 valence electrons. The van der Waals surface area contributed by atoms with Crippen molar-refractivity contribution in [2.45, 2.75) is 6.92 Å². The van der Waals surface area contributed by atoms with Gasteiger partial charge in [-0.05, 0) is 61.5 Å². The minimum atomic E-state index is -0.563. The van der Waals surface area contributed by atoms with Gasteiger partial charge in [-0.3, -0.25) is 9.59 Å². The van der Waals surface area contributed by atoms with E-state index in [-0.39, 0.29) is 18.2 Å². The Morgan fingerprint density at radius 1 is 1.00 bits per heavy atom. The fourth-order valence-corrected chi connectivity index (χ4v) is 3.14. The monoisotopic (exact) mass is 527 g/mol. The van der Waals surface area contributed by atoms with Gasteiger partial charge in [0.25, 0.3) is 11.8 Å². The van der Waals surface area contributed by atoms with Crippen LogP contribution in [0.4, 0.5) is 0 Å². The van der Waals surface area contributed by atoms with Gasteiger partial charge >= 0.3 is 5.97 Å². The highest BCUT2D eigenvalue weighted by Gasteiger charge is 2.12. The Bertz CT molecular complexity index is 1200. The summed E-state index contributed by atoms with van der Waals surface area (Å²) >= 11 is 9.20. The van der Waals surface area contributed by atoms with Crippen LogP contribution >= 0.6 is 27.5 Å². The molecule has 0 spiro atoms. The van der Waals surface area contributed by atoms with Gasteiger partial charge in [0.05, 0.1) is 18.3 Å². The van der Waals surface area contributed by atoms with Crippen LogP contribution in [0.1, 0.15) is 31.8 Å². The molecule has 0 heterocycles. The first-order valence-electron chi connectivity index (χ1n) is 9.76. The number of amides is 2. The van der Waals surface area contributed by atoms with E-state index in [1.165, 1.54) is 6.21 Å². The van der Waals surface area contributed by atoms with Crippen LogP contribution in [0.25, 0.3) is 0 Å². The molecular weight excluding hydrogens is 510 g/mol. The number of carbonyl (C=O) groups is 3. The van der Waals surface area contributed by atoms with Gasteiger partial charge in [-0.1, -0.05) is 45.2 Å². The lowest BCUT2D eigenvalue weighted by atomic mass is 10.1. The highest BCUT2D eigenvalue weighted by atomic mass is 79.9. The number of hydrazone groups is 1. The summed E-state index contributed by atoms with van der Waals surface area (Å²) in [5.74, 6) is -1.19. The van der Waals surface area contributed by atoms with Crippen LogP contribution in [0.15, 0.2) is 76.3 Å². The van der Waals surface area contributed by atoms with E-state index in [0.29, 0.717) is 21.7 Å². The van der Waals surface area contributed by atoms with E-state index in [2.05, 4.69) is 31.8 Å². The van der Waals surface area contributed by atoms with E-state index in [0.717, 1.165) is 10.0 Å². The number of nitrogens with zero attached hydrogens (tertiary/aromatic N) is 1. The average Bonchev–Trinajstić information content (AvgIpc) is 2.80. The van der Waals surface area contributed by atoms with Crippen LogP contribution in [0.3, 0.4) is 0 Å². The lowest BCUT2D eigenvalue weighted by Crippen LogP contribution is -2.34. The van der Waals surface area contributed by atoms with E-state index in [4.69, 9.17) is 16.3 Å². The molecule has 9 heteroatoms. The number of carbonyl (C=O) groups excluding carboxylic acids is 3. The Morgan fingerprint density at radius 2 is 1.67 bits per heavy atom. The molecule has 0 aliphatic carbocycles. The third kappa shape index (κ3) is 7.27. The summed E-state index contributed by atoms with van der Waals surface area (Å²) in [5, 5.41) is 6.92. The van der Waals surface area contributed by atoms with Gasteiger partial charge in [0.2, 0.25) is 0 Å². The molecule has 3 aromatic rings. The molecule has 0 aliphatic heterocycles. The molecule has 0 aliphatic rings. The third-order valence-corrected chi connectivity index (χ3v) is 5.12. The quantitative estimate of drug-likeness (QED) is 0.204. The normalized spacial score (nSPS) is 10.6. The number of aryl methyl sites for hydroxylation is 1. The molecule has 2 N–H and O–H groups in total. The zero-order valence-corrected chi connectivity index (χ0v) is 19.8. The largest absolute Gasteiger partial charge is 0.422 e. The van der Waals surface area contributed by atoms with Crippen LogP contribution in [0, 0.1) is 6.92 Å². The maximum absolute atomic E-state index is 12.4. The number of hydrogen-bond acceptors (Lipinski definition) is 5. The predicted octanol–water partition coefficient (Wildman–Crippen LogP) is 4.51. The molecule has 3 aromatic carbocycles. The molecule has 7 nitrogen and oxygen atoms in total. The lowest BCUT2D eigenvalue weighted by Gasteiger charge is -2.08. The van der Waals surface area contributed by atoms with Gasteiger partial charge in [-0.25, -0.2) is 10.2 Å². The van der Waals surface area contributed by atoms with Crippen LogP contribution < -0.4 is 15.5 Å². The standard InChI is InChI=1S/C24H19BrClN3O4/c1-15-2-4-16(5-3-15)23(31)27-14-22(30)29-28-13-18-12-19(25)8-11-21(18)33-24(32)17-6-9-20(26)10-7-17/h2-13H,14H2,1H3,(H,27,31)(H,29,30)/b28-13-. The second-order valence-corrected chi connectivity index (χ2v) is 8.27. The van der Waals surface area contributed by atoms with Gasteiger partial charge in [0, 0.05) is 20.6 Å². The molecule has 0 radical (unpaired) electrons. The average molecular weight is 529 g/mol. The first-order chi connectivity index (χ1) is 15.8. The molecule has 0 aromatic heterocycles. The fraction of sp³-hybridized carbons (Fsp3) is 0.0833. The van der Waals surface area contributed by atoms with Crippen molar-refractivity contribution >= 4 is 51.5 Å². The number of rotatable bonds is 7. The minimum absolute atomic E-state index is 0.249. The zero-order valence-electron chi connectivity index (χ0n) is 17.5. The highest BCUT2D eigenvalue weighted by molar-refractivity contribution is 9.10. The van der Waals surface area contributed by atoms with E-state index >= 15 is 0 Å². The number of ether oxygens (including phenoxy) is 1. The van der Waals surface area contributed by atoms with Crippen molar-refractivity contribution in [1.29, 1.82) is 0 Å². The minimum Gasteiger partial charge on any atom is -0.422 e. The van der Waals surface area contributed by atoms with Crippen molar-refractivity contribution in [1.82, 2.24) is 10.7 Å². The third-order valence-electron chi connectivity index (χ3n) is 4.37. The van der Waals surface area contributed by atoms with Crippen molar-refractivity contribution in [2.75, 3.05) is 6.54 Å². The second kappa shape index (κ2) is 11.4. The summed E-state index contributed by atoms with van der Waals surface area (Å²) in [7, 11) is 0. The highest BCUT2D eigenvalue weighted by Crippen LogP contribution is 2.23. The molecule has 0 fully saturated rings. The number of hydrogen-bond donors (Lipinski definition) is 2. The summed E-state index contributed by atoms with van der Waals surface area (Å²) in [4.78, 5) is 36.5. The summed E-state index contributed by atoms with van der Waals surface area (Å²) in [5.41, 5.74) is 4.61. The number of nitrogens with one attached hydrogen (secondary N) is 2. The summed E-state index contributed by atoms with van der Waals surface area (Å²) in [6.45, 7) is 1.67. The van der Waals surface area contributed by atoms with E-state index in [1.807, 2.05) is 19.1 Å². The lowest BCUT2D eigenvalue weighted by molar-refractivity contribution is -0.120. The number of esters is 1. The molecule has 0 bridgehead atoms. The van der Waals surface area contributed by atoms with Gasteiger partial charge in [0.15, 0.2) is 0 Å². The van der Waals surface area contributed by atoms with Gasteiger partial charge in [0.1, 0.15) is 5.75 Å². The Kier molecular flexibility index (Phi) is 8.34. The Balaban J connectivity index is 1.58. The van der Waals surface area contributed by atoms with Gasteiger partial charge in [-0.2, -0.15) is 5.10 Å². The van der Waals surface area contributed by atoms with Crippen molar-refractivity contribution in [2.24, 2.45) is 5.10 Å². The summed E-state index contributed by atoms with van der Waals surface area (Å²) in [6.07, 6.45) is 1.34. The van der Waals surface area contributed by atoms with Gasteiger partial charge in [-0.15, -0.1) is 0 Å². The van der Waals surface area contributed by atoms with E-state index in [9.17, 15) is 14.4 Å². The van der Waals surface area contributed by atoms with Crippen LogP contribution in [0.5, 0.6) is 5.75 Å². The molecule has 0 atom stereocenters. The predicted molar refractivity (Wildman–Crippen MR) is 130 cm³/mol. The Morgan fingerprint density at radius 3 is 2.36 bits per heavy atom. The molecular formula is C24H19BrClN3O4. The number of benzene rings is 3. The molecule has 33 heavy (non-hydrogen) atoms. The van der Waals surface area contributed by atoms with Gasteiger partial charge < -0.3 is 10.1 Å². The fourth-order valence-electron chi connectivity index (χ4n) is 2.64. The second-order valence-electron chi connectivity index (χ2n) is 6.92. The Labute approximate surface area is 203 Å². The SMILES string of the molecule is Cc1ccc(C(=O)NCC(=O)N/N=C\c2cc(Br)ccc2OC(=O)c2ccc(Cl)cc2)cc1. The molecule has 2 amide bonds. The first-order valence-corrected chi connectivity index (χ1v) is 10.9. The van der Waals surface area contributed by atoms with Crippen LogP contribution in [-0.2, 0) is 4.79 Å². The maximum Gasteiger partial charge on any atom is 0.343 e. The molecule has 3 rings (SSSR count). The van der Waals surface area contributed by atoms with Crippen LogP contribution in [0.2, 0.25) is 5.02 Å². The molecule has 0 saturated heterocycles.